The molecule has 124 valence electrons. The van der Waals surface area contributed by atoms with E-state index in [1.54, 1.807) is 0 Å². The van der Waals surface area contributed by atoms with Gasteiger partial charge in [0.25, 0.3) is 0 Å². The summed E-state index contributed by atoms with van der Waals surface area (Å²) in [6.45, 7) is 5.41. The molecule has 0 unspecified atom stereocenters. The molecule has 6 heteroatoms. The van der Waals surface area contributed by atoms with E-state index in [-0.39, 0.29) is 5.91 Å². The van der Waals surface area contributed by atoms with Crippen molar-refractivity contribution in [3.63, 3.8) is 0 Å². The van der Waals surface area contributed by atoms with E-state index in [9.17, 15) is 14.7 Å². The van der Waals surface area contributed by atoms with E-state index < -0.39 is 18.6 Å². The first-order valence-electron chi connectivity index (χ1n) is 7.72. The molecular formula is C17H23N3O3. The number of benzene rings is 1. The number of aromatic amines is 1. The van der Waals surface area contributed by atoms with Crippen molar-refractivity contribution in [1.82, 2.24) is 15.6 Å². The molecule has 0 spiro atoms. The minimum absolute atomic E-state index is 0.344. The van der Waals surface area contributed by atoms with Crippen molar-refractivity contribution in [3.8, 4) is 0 Å². The number of nitrogens with one attached hydrogen (secondary N) is 3. The van der Waals surface area contributed by atoms with Gasteiger partial charge < -0.3 is 20.7 Å². The molecule has 4 N–H and O–H groups in total. The molecule has 1 aromatic heterocycles. The van der Waals surface area contributed by atoms with Gasteiger partial charge in [-0.25, -0.2) is 0 Å². The fourth-order valence-electron chi connectivity index (χ4n) is 2.64. The summed E-state index contributed by atoms with van der Waals surface area (Å²) in [4.78, 5) is 26.4. The minimum atomic E-state index is -0.920. The summed E-state index contributed by atoms with van der Waals surface area (Å²) in [7, 11) is 0. The van der Waals surface area contributed by atoms with E-state index in [4.69, 9.17) is 0 Å². The first-order chi connectivity index (χ1) is 11.0. The smallest absolute Gasteiger partial charge is 0.245 e. The highest BCUT2D eigenvalue weighted by atomic mass is 16.3. The lowest BCUT2D eigenvalue weighted by Gasteiger charge is -2.15. The van der Waals surface area contributed by atoms with E-state index in [2.05, 4.69) is 29.5 Å². The van der Waals surface area contributed by atoms with Crippen molar-refractivity contribution in [1.29, 1.82) is 0 Å². The Hall–Kier alpha value is -2.34. The summed E-state index contributed by atoms with van der Waals surface area (Å²) < 4.78 is 0. The van der Waals surface area contributed by atoms with Gasteiger partial charge in [0, 0.05) is 30.1 Å². The van der Waals surface area contributed by atoms with Crippen LogP contribution in [0.5, 0.6) is 0 Å². The van der Waals surface area contributed by atoms with Gasteiger partial charge in [0.2, 0.25) is 11.8 Å². The number of rotatable bonds is 6. The summed E-state index contributed by atoms with van der Waals surface area (Å²) >= 11 is 0. The molecule has 2 rings (SSSR count). The molecule has 0 aliphatic heterocycles. The fraction of sp³-hybridized carbons (Fsp3) is 0.412. The lowest BCUT2D eigenvalue weighted by molar-refractivity contribution is -0.129. The molecule has 0 saturated heterocycles. The van der Waals surface area contributed by atoms with E-state index in [0.29, 0.717) is 6.54 Å². The third kappa shape index (κ3) is 3.90. The Morgan fingerprint density at radius 2 is 2.09 bits per heavy atom. The highest BCUT2D eigenvalue weighted by molar-refractivity contribution is 5.87. The molecule has 23 heavy (non-hydrogen) atoms. The molecule has 0 radical (unpaired) electrons. The number of hydrogen-bond donors (Lipinski definition) is 4. The largest absolute Gasteiger partial charge is 0.394 e. The van der Waals surface area contributed by atoms with Crippen LogP contribution in [0.4, 0.5) is 0 Å². The van der Waals surface area contributed by atoms with Crippen LogP contribution in [0, 0.1) is 6.92 Å². The predicted octanol–water partition coefficient (Wildman–Crippen LogP) is 1.15. The van der Waals surface area contributed by atoms with Gasteiger partial charge in [-0.2, -0.15) is 0 Å². The Balaban J connectivity index is 2.08. The molecule has 1 atom stereocenters. The zero-order valence-electron chi connectivity index (χ0n) is 13.7. The zero-order chi connectivity index (χ0) is 17.0. The van der Waals surface area contributed by atoms with Crippen LogP contribution in [0.25, 0.3) is 10.9 Å². The maximum atomic E-state index is 12.0. The first-order valence-corrected chi connectivity index (χ1v) is 7.72. The van der Waals surface area contributed by atoms with Crippen LogP contribution in [0.1, 0.15) is 30.7 Å². The lowest BCUT2D eigenvalue weighted by atomic mass is 10.1. The number of carbonyl (C=O) groups is 2. The number of aromatic nitrogens is 1. The van der Waals surface area contributed by atoms with Crippen molar-refractivity contribution in [2.45, 2.75) is 39.8 Å². The normalized spacial score (nSPS) is 12.2. The predicted molar refractivity (Wildman–Crippen MR) is 89.0 cm³/mol. The van der Waals surface area contributed by atoms with Crippen LogP contribution in [-0.4, -0.2) is 34.6 Å². The summed E-state index contributed by atoms with van der Waals surface area (Å²) in [5.41, 5.74) is 4.49. The molecule has 0 aliphatic carbocycles. The Morgan fingerprint density at radius 1 is 1.35 bits per heavy atom. The molecule has 2 amide bonds. The van der Waals surface area contributed by atoms with Gasteiger partial charge in [0.15, 0.2) is 0 Å². The van der Waals surface area contributed by atoms with Crippen LogP contribution >= 0.6 is 0 Å². The maximum Gasteiger partial charge on any atom is 0.245 e. The van der Waals surface area contributed by atoms with Crippen molar-refractivity contribution in [3.05, 3.63) is 35.0 Å². The molecule has 0 bridgehead atoms. The number of aliphatic hydroxyl groups is 1. The van der Waals surface area contributed by atoms with E-state index in [1.807, 2.05) is 18.2 Å². The monoisotopic (exact) mass is 317 g/mol. The third-order valence-electron chi connectivity index (χ3n) is 3.92. The number of H-pyrrole nitrogens is 1. The van der Waals surface area contributed by atoms with E-state index in [0.717, 1.165) is 22.9 Å². The quantitative estimate of drug-likeness (QED) is 0.644. The van der Waals surface area contributed by atoms with Crippen LogP contribution < -0.4 is 10.6 Å². The van der Waals surface area contributed by atoms with Gasteiger partial charge in [-0.3, -0.25) is 9.59 Å². The van der Waals surface area contributed by atoms with Gasteiger partial charge in [0.1, 0.15) is 6.04 Å². The standard InChI is InChI=1S/C17H23N3O3/c1-4-14-10(2)13-7-12(5-6-15(13)20-14)8-18-17(23)16(9-21)19-11(3)22/h5-7,16,20-21H,4,8-9H2,1-3H3,(H,18,23)(H,19,22)/t16-/m1/s1. The Bertz CT molecular complexity index is 721. The van der Waals surface area contributed by atoms with Crippen LogP contribution in [0.2, 0.25) is 0 Å². The summed E-state index contributed by atoms with van der Waals surface area (Å²) in [5.74, 6) is -0.751. The van der Waals surface area contributed by atoms with E-state index >= 15 is 0 Å². The second kappa shape index (κ2) is 7.28. The van der Waals surface area contributed by atoms with Gasteiger partial charge in [-0.1, -0.05) is 13.0 Å². The topological polar surface area (TPSA) is 94.2 Å². The second-order valence-corrected chi connectivity index (χ2v) is 5.62. The molecule has 6 nitrogen and oxygen atoms in total. The molecule has 2 aromatic rings. The number of aryl methyl sites for hydroxylation is 2. The molecule has 0 saturated carbocycles. The molecule has 0 aliphatic rings. The van der Waals surface area contributed by atoms with Crippen LogP contribution in [-0.2, 0) is 22.6 Å². The number of hydrogen-bond acceptors (Lipinski definition) is 3. The average molecular weight is 317 g/mol. The SMILES string of the molecule is CCc1[nH]c2ccc(CNC(=O)[C@@H](CO)NC(C)=O)cc2c1C. The highest BCUT2D eigenvalue weighted by Gasteiger charge is 2.17. The van der Waals surface area contributed by atoms with Gasteiger partial charge in [0.05, 0.1) is 6.61 Å². The number of fused-ring (bicyclic) bond motifs is 1. The van der Waals surface area contributed by atoms with Crippen molar-refractivity contribution < 1.29 is 14.7 Å². The first kappa shape index (κ1) is 17.0. The fourth-order valence-corrected chi connectivity index (χ4v) is 2.64. The molecule has 0 fully saturated rings. The van der Waals surface area contributed by atoms with Gasteiger partial charge in [-0.05, 0) is 36.6 Å². The molecule has 1 aromatic carbocycles. The van der Waals surface area contributed by atoms with Crippen molar-refractivity contribution >= 4 is 22.7 Å². The lowest BCUT2D eigenvalue weighted by Crippen LogP contribution is -2.48. The molecular weight excluding hydrogens is 294 g/mol. The minimum Gasteiger partial charge on any atom is -0.394 e. The van der Waals surface area contributed by atoms with Crippen LogP contribution in [0.15, 0.2) is 18.2 Å². The average Bonchev–Trinajstić information content (AvgIpc) is 2.86. The summed E-state index contributed by atoms with van der Waals surface area (Å²) in [5, 5.41) is 15.5. The van der Waals surface area contributed by atoms with Crippen molar-refractivity contribution in [2.24, 2.45) is 0 Å². The second-order valence-electron chi connectivity index (χ2n) is 5.62. The zero-order valence-corrected chi connectivity index (χ0v) is 13.7. The number of aliphatic hydroxyl groups excluding tert-OH is 1. The van der Waals surface area contributed by atoms with Crippen molar-refractivity contribution in [2.75, 3.05) is 6.61 Å². The Labute approximate surface area is 135 Å². The highest BCUT2D eigenvalue weighted by Crippen LogP contribution is 2.23. The third-order valence-corrected chi connectivity index (χ3v) is 3.92. The van der Waals surface area contributed by atoms with Gasteiger partial charge in [-0.15, -0.1) is 0 Å². The number of carbonyl (C=O) groups excluding carboxylic acids is 2. The Kier molecular flexibility index (Phi) is 5.39. The Morgan fingerprint density at radius 3 is 2.70 bits per heavy atom. The summed E-state index contributed by atoms with van der Waals surface area (Å²) in [6, 6.07) is 5.08. The summed E-state index contributed by atoms with van der Waals surface area (Å²) in [6.07, 6.45) is 0.946. The van der Waals surface area contributed by atoms with Gasteiger partial charge >= 0.3 is 0 Å². The maximum absolute atomic E-state index is 12.0. The number of amides is 2. The van der Waals surface area contributed by atoms with E-state index in [1.165, 1.54) is 18.2 Å². The van der Waals surface area contributed by atoms with Crippen LogP contribution in [0.3, 0.4) is 0 Å². The molecule has 1 heterocycles.